The Morgan fingerprint density at radius 2 is 0.863 bits per heavy atom. The van der Waals surface area contributed by atoms with Crippen LogP contribution in [-0.2, 0) is 4.79 Å². The Morgan fingerprint density at radius 1 is 0.490 bits per heavy atom. The molecule has 298 valence electrons. The molecule has 0 fully saturated rings. The van der Waals surface area contributed by atoms with Gasteiger partial charge in [0.05, 0.1) is 18.8 Å². The molecule has 0 aliphatic rings. The number of rotatable bonds is 40. The number of carbonyl (C=O) groups is 1. The fourth-order valence-corrected chi connectivity index (χ4v) is 6.70. The van der Waals surface area contributed by atoms with Crippen molar-refractivity contribution in [3.05, 3.63) is 48.6 Å². The zero-order chi connectivity index (χ0) is 37.1. The van der Waals surface area contributed by atoms with E-state index in [1.165, 1.54) is 148 Å². The van der Waals surface area contributed by atoms with Gasteiger partial charge >= 0.3 is 0 Å². The van der Waals surface area contributed by atoms with Crippen LogP contribution >= 0.6 is 0 Å². The van der Waals surface area contributed by atoms with Crippen LogP contribution in [0.15, 0.2) is 48.6 Å². The SMILES string of the molecule is CC/C=C\C/C=C\C/C=C\C/C=C\CCCCCCCCCCCCC(=O)NC(CO)C(O)CCCCCCCCCCCCCCCCCC. The molecule has 3 N–H and O–H groups in total. The quantitative estimate of drug-likeness (QED) is 0.0437. The van der Waals surface area contributed by atoms with Crippen molar-refractivity contribution in [3.63, 3.8) is 0 Å². The fraction of sp³-hybridized carbons (Fsp3) is 0.809. The summed E-state index contributed by atoms with van der Waals surface area (Å²) in [5.41, 5.74) is 0. The van der Waals surface area contributed by atoms with Crippen LogP contribution in [0.5, 0.6) is 0 Å². The van der Waals surface area contributed by atoms with Crippen LogP contribution in [0.1, 0.15) is 226 Å². The van der Waals surface area contributed by atoms with Gasteiger partial charge in [-0.05, 0) is 51.4 Å². The molecule has 1 amide bonds. The van der Waals surface area contributed by atoms with Crippen molar-refractivity contribution in [2.75, 3.05) is 6.61 Å². The third-order valence-corrected chi connectivity index (χ3v) is 10.1. The van der Waals surface area contributed by atoms with Crippen LogP contribution in [0.2, 0.25) is 0 Å². The predicted octanol–water partition coefficient (Wildman–Crippen LogP) is 14.0. The largest absolute Gasteiger partial charge is 0.394 e. The molecule has 2 atom stereocenters. The highest BCUT2D eigenvalue weighted by Gasteiger charge is 2.20. The number of unbranched alkanes of at least 4 members (excludes halogenated alkanes) is 25. The molecule has 0 aromatic heterocycles. The summed E-state index contributed by atoms with van der Waals surface area (Å²) in [6.07, 6.45) is 57.6. The molecule has 51 heavy (non-hydrogen) atoms. The molecule has 0 bridgehead atoms. The zero-order valence-corrected chi connectivity index (χ0v) is 34.1. The maximum Gasteiger partial charge on any atom is 0.220 e. The first-order valence-electron chi connectivity index (χ1n) is 22.3. The zero-order valence-electron chi connectivity index (χ0n) is 34.1. The first-order valence-corrected chi connectivity index (χ1v) is 22.3. The van der Waals surface area contributed by atoms with E-state index in [9.17, 15) is 15.0 Å². The van der Waals surface area contributed by atoms with Crippen molar-refractivity contribution >= 4 is 5.91 Å². The molecule has 0 rings (SSSR count). The molecule has 4 heteroatoms. The molecule has 0 spiro atoms. The summed E-state index contributed by atoms with van der Waals surface area (Å²) in [4.78, 5) is 12.4. The van der Waals surface area contributed by atoms with Crippen molar-refractivity contribution in [2.45, 2.75) is 238 Å². The maximum atomic E-state index is 12.4. The number of amides is 1. The highest BCUT2D eigenvalue weighted by atomic mass is 16.3. The topological polar surface area (TPSA) is 69.6 Å². The van der Waals surface area contributed by atoms with Crippen LogP contribution in [0.4, 0.5) is 0 Å². The standard InChI is InChI=1S/C47H87NO3/c1-3-5-7-9-11-13-15-17-19-21-22-23-24-25-26-27-29-31-33-35-37-39-41-43-47(51)48-45(44-49)46(50)42-40-38-36-34-32-30-28-20-18-16-14-12-10-8-6-4-2/h5,7,11,13,17,19,22-23,45-46,49-50H,3-4,6,8-10,12,14-16,18,20-21,24-44H2,1-2H3,(H,48,51)/b7-5-,13-11-,19-17-,23-22-. The Kier molecular flexibility index (Phi) is 41.4. The van der Waals surface area contributed by atoms with Gasteiger partial charge in [-0.2, -0.15) is 0 Å². The van der Waals surface area contributed by atoms with Gasteiger partial charge in [0, 0.05) is 6.42 Å². The minimum Gasteiger partial charge on any atom is -0.394 e. The lowest BCUT2D eigenvalue weighted by Gasteiger charge is -2.22. The van der Waals surface area contributed by atoms with E-state index in [-0.39, 0.29) is 12.5 Å². The minimum atomic E-state index is -0.662. The van der Waals surface area contributed by atoms with E-state index in [1.54, 1.807) is 0 Å². The maximum absolute atomic E-state index is 12.4. The normalized spacial score (nSPS) is 13.4. The van der Waals surface area contributed by atoms with Gasteiger partial charge in [-0.3, -0.25) is 4.79 Å². The molecular weight excluding hydrogens is 627 g/mol. The number of hydrogen-bond donors (Lipinski definition) is 3. The lowest BCUT2D eigenvalue weighted by Crippen LogP contribution is -2.45. The number of hydrogen-bond acceptors (Lipinski definition) is 3. The van der Waals surface area contributed by atoms with Crippen LogP contribution in [0, 0.1) is 0 Å². The molecule has 0 aromatic rings. The van der Waals surface area contributed by atoms with E-state index >= 15 is 0 Å². The molecule has 0 heterocycles. The van der Waals surface area contributed by atoms with Crippen molar-refractivity contribution < 1.29 is 15.0 Å². The van der Waals surface area contributed by atoms with Crippen molar-refractivity contribution in [1.82, 2.24) is 5.32 Å². The fourth-order valence-electron chi connectivity index (χ4n) is 6.70. The van der Waals surface area contributed by atoms with Gasteiger partial charge in [0.15, 0.2) is 0 Å². The average Bonchev–Trinajstić information content (AvgIpc) is 3.13. The van der Waals surface area contributed by atoms with Gasteiger partial charge < -0.3 is 15.5 Å². The second-order valence-corrected chi connectivity index (χ2v) is 15.1. The smallest absolute Gasteiger partial charge is 0.220 e. The Morgan fingerprint density at radius 3 is 1.29 bits per heavy atom. The molecular formula is C47H87NO3. The summed E-state index contributed by atoms with van der Waals surface area (Å²) in [6.45, 7) is 4.25. The Balaban J connectivity index is 3.53. The van der Waals surface area contributed by atoms with E-state index in [0.29, 0.717) is 12.8 Å². The van der Waals surface area contributed by atoms with Gasteiger partial charge in [-0.15, -0.1) is 0 Å². The van der Waals surface area contributed by atoms with E-state index < -0.39 is 12.1 Å². The second-order valence-electron chi connectivity index (χ2n) is 15.1. The van der Waals surface area contributed by atoms with E-state index in [4.69, 9.17) is 0 Å². The van der Waals surface area contributed by atoms with Crippen molar-refractivity contribution in [1.29, 1.82) is 0 Å². The first kappa shape index (κ1) is 49.4. The Hall–Kier alpha value is -1.65. The first-order chi connectivity index (χ1) is 25.2. The summed E-state index contributed by atoms with van der Waals surface area (Å²) in [5.74, 6) is -0.0367. The summed E-state index contributed by atoms with van der Waals surface area (Å²) in [5, 5.41) is 23.2. The molecule has 0 radical (unpaired) electrons. The van der Waals surface area contributed by atoms with Crippen LogP contribution in [0.3, 0.4) is 0 Å². The Bertz CT molecular complexity index is 816. The molecule has 0 aliphatic heterocycles. The van der Waals surface area contributed by atoms with Gasteiger partial charge in [0.1, 0.15) is 0 Å². The van der Waals surface area contributed by atoms with Crippen molar-refractivity contribution in [3.8, 4) is 0 Å². The molecule has 0 aliphatic carbocycles. The highest BCUT2D eigenvalue weighted by molar-refractivity contribution is 5.76. The summed E-state index contributed by atoms with van der Waals surface area (Å²) in [6, 6.07) is -0.539. The number of carbonyl (C=O) groups excluding carboxylic acids is 1. The van der Waals surface area contributed by atoms with Gasteiger partial charge in [-0.1, -0.05) is 217 Å². The van der Waals surface area contributed by atoms with Gasteiger partial charge in [0.25, 0.3) is 0 Å². The third-order valence-electron chi connectivity index (χ3n) is 10.1. The van der Waals surface area contributed by atoms with Crippen LogP contribution in [-0.4, -0.2) is 34.9 Å². The van der Waals surface area contributed by atoms with Gasteiger partial charge in [0.2, 0.25) is 5.91 Å². The number of nitrogens with one attached hydrogen (secondary N) is 1. The predicted molar refractivity (Wildman–Crippen MR) is 225 cm³/mol. The molecule has 0 saturated carbocycles. The number of allylic oxidation sites excluding steroid dienone is 8. The summed E-state index contributed by atoms with van der Waals surface area (Å²) < 4.78 is 0. The lowest BCUT2D eigenvalue weighted by molar-refractivity contribution is -0.123. The van der Waals surface area contributed by atoms with Crippen LogP contribution < -0.4 is 5.32 Å². The monoisotopic (exact) mass is 714 g/mol. The van der Waals surface area contributed by atoms with Gasteiger partial charge in [-0.25, -0.2) is 0 Å². The third kappa shape index (κ3) is 39.4. The molecule has 0 aromatic carbocycles. The molecule has 0 saturated heterocycles. The number of aliphatic hydroxyl groups excluding tert-OH is 2. The second kappa shape index (κ2) is 42.8. The van der Waals surface area contributed by atoms with Crippen molar-refractivity contribution in [2.24, 2.45) is 0 Å². The van der Waals surface area contributed by atoms with E-state index in [2.05, 4.69) is 67.8 Å². The minimum absolute atomic E-state index is 0.0367. The van der Waals surface area contributed by atoms with E-state index in [1.807, 2.05) is 0 Å². The van der Waals surface area contributed by atoms with Crippen LogP contribution in [0.25, 0.3) is 0 Å². The molecule has 2 unspecified atom stereocenters. The summed E-state index contributed by atoms with van der Waals surface area (Å²) in [7, 11) is 0. The lowest BCUT2D eigenvalue weighted by atomic mass is 10.0. The summed E-state index contributed by atoms with van der Waals surface area (Å²) >= 11 is 0. The Labute approximate surface area is 318 Å². The number of aliphatic hydroxyl groups is 2. The average molecular weight is 714 g/mol. The highest BCUT2D eigenvalue weighted by Crippen LogP contribution is 2.16. The molecule has 4 nitrogen and oxygen atoms in total. The van der Waals surface area contributed by atoms with E-state index in [0.717, 1.165) is 51.4 Å².